The Morgan fingerprint density at radius 3 is 3.00 bits per heavy atom. The summed E-state index contributed by atoms with van der Waals surface area (Å²) in [5.41, 5.74) is 1.19. The molecule has 13 heteroatoms. The second kappa shape index (κ2) is 8.71. The van der Waals surface area contributed by atoms with Crippen molar-refractivity contribution in [2.75, 3.05) is 31.6 Å². The standard InChI is InChI=1S/C18H18F3N7O3/c19-18(20,21)8-25-14(29)6-23-13-3-15(31-10-1-2-30-7-10)28-17(27-13)12-5-24-16-11(12)4-22-9-26-16/h3-5,9-10H,1-2,6-8H2,(H,25,29)(H,22,24,26)(H,23,27,28). The van der Waals surface area contributed by atoms with Crippen molar-refractivity contribution in [1.82, 2.24) is 30.2 Å². The van der Waals surface area contributed by atoms with Gasteiger partial charge in [0.05, 0.1) is 19.8 Å². The van der Waals surface area contributed by atoms with Crippen LogP contribution in [0.5, 0.6) is 5.88 Å². The average molecular weight is 437 g/mol. The van der Waals surface area contributed by atoms with E-state index in [1.54, 1.807) is 17.7 Å². The first-order valence-electron chi connectivity index (χ1n) is 9.35. The summed E-state index contributed by atoms with van der Waals surface area (Å²) in [6.07, 6.45) is 0.694. The van der Waals surface area contributed by atoms with E-state index in [-0.39, 0.29) is 23.6 Å². The van der Waals surface area contributed by atoms with Crippen molar-refractivity contribution in [2.45, 2.75) is 18.7 Å². The lowest BCUT2D eigenvalue weighted by Gasteiger charge is -2.14. The molecule has 0 saturated carbocycles. The molecule has 1 aliphatic heterocycles. The summed E-state index contributed by atoms with van der Waals surface area (Å²) in [6, 6.07) is 1.48. The maximum atomic E-state index is 12.3. The minimum atomic E-state index is -4.49. The van der Waals surface area contributed by atoms with E-state index in [1.807, 2.05) is 0 Å². The molecule has 10 nitrogen and oxygen atoms in total. The summed E-state index contributed by atoms with van der Waals surface area (Å²) in [7, 11) is 0. The summed E-state index contributed by atoms with van der Waals surface area (Å²) in [4.78, 5) is 31.7. The highest BCUT2D eigenvalue weighted by Crippen LogP contribution is 2.28. The molecule has 3 N–H and O–H groups in total. The first-order chi connectivity index (χ1) is 14.9. The van der Waals surface area contributed by atoms with Gasteiger partial charge in [0.25, 0.3) is 0 Å². The first kappa shape index (κ1) is 20.8. The van der Waals surface area contributed by atoms with Crippen LogP contribution in [-0.2, 0) is 9.53 Å². The Balaban J connectivity index is 1.56. The number of aromatic nitrogens is 5. The second-order valence-corrected chi connectivity index (χ2v) is 6.75. The van der Waals surface area contributed by atoms with Gasteiger partial charge < -0.3 is 25.1 Å². The van der Waals surface area contributed by atoms with Gasteiger partial charge in [0, 0.05) is 35.8 Å². The molecule has 1 fully saturated rings. The molecule has 1 aliphatic rings. The van der Waals surface area contributed by atoms with Gasteiger partial charge in [0.15, 0.2) is 5.82 Å². The number of anilines is 1. The van der Waals surface area contributed by atoms with Crippen molar-refractivity contribution in [3.05, 3.63) is 24.8 Å². The average Bonchev–Trinajstić information content (AvgIpc) is 3.40. The number of H-pyrrole nitrogens is 1. The van der Waals surface area contributed by atoms with Crippen molar-refractivity contribution in [3.8, 4) is 17.3 Å². The Hall–Kier alpha value is -3.48. The molecule has 1 saturated heterocycles. The number of aromatic amines is 1. The van der Waals surface area contributed by atoms with Crippen LogP contribution in [0.15, 0.2) is 24.8 Å². The Morgan fingerprint density at radius 1 is 1.35 bits per heavy atom. The van der Waals surface area contributed by atoms with E-state index in [1.165, 1.54) is 12.4 Å². The van der Waals surface area contributed by atoms with Crippen LogP contribution in [0.3, 0.4) is 0 Å². The van der Waals surface area contributed by atoms with Gasteiger partial charge >= 0.3 is 6.18 Å². The van der Waals surface area contributed by atoms with Gasteiger partial charge in [-0.15, -0.1) is 0 Å². The molecule has 1 amide bonds. The third-order valence-corrected chi connectivity index (χ3v) is 4.39. The number of nitrogens with zero attached hydrogens (tertiary/aromatic N) is 4. The molecule has 3 aromatic rings. The fourth-order valence-electron chi connectivity index (χ4n) is 2.95. The number of rotatable bonds is 7. The molecule has 0 aliphatic carbocycles. The van der Waals surface area contributed by atoms with E-state index in [2.05, 4.69) is 30.2 Å². The smallest absolute Gasteiger partial charge is 0.405 e. The molecule has 0 radical (unpaired) electrons. The van der Waals surface area contributed by atoms with E-state index in [4.69, 9.17) is 9.47 Å². The summed E-state index contributed by atoms with van der Waals surface area (Å²) >= 11 is 0. The molecule has 0 bridgehead atoms. The van der Waals surface area contributed by atoms with Gasteiger partial charge in [0.2, 0.25) is 11.8 Å². The highest BCUT2D eigenvalue weighted by Gasteiger charge is 2.27. The van der Waals surface area contributed by atoms with Crippen molar-refractivity contribution in [3.63, 3.8) is 0 Å². The third-order valence-electron chi connectivity index (χ3n) is 4.39. The summed E-state index contributed by atoms with van der Waals surface area (Å²) < 4.78 is 48.0. The number of hydrogen-bond acceptors (Lipinski definition) is 8. The van der Waals surface area contributed by atoms with Crippen molar-refractivity contribution in [2.24, 2.45) is 0 Å². The van der Waals surface area contributed by atoms with Crippen molar-refractivity contribution >= 4 is 22.8 Å². The number of hydrogen-bond donors (Lipinski definition) is 3. The van der Waals surface area contributed by atoms with Crippen LogP contribution in [0.4, 0.5) is 19.0 Å². The number of amides is 1. The zero-order valence-corrected chi connectivity index (χ0v) is 16.1. The first-order valence-corrected chi connectivity index (χ1v) is 9.35. The Kier molecular flexibility index (Phi) is 5.84. The Labute approximate surface area is 173 Å². The second-order valence-electron chi connectivity index (χ2n) is 6.75. The van der Waals surface area contributed by atoms with Gasteiger partial charge in [-0.25, -0.2) is 15.0 Å². The number of alkyl halides is 3. The van der Waals surface area contributed by atoms with Gasteiger partial charge in [-0.1, -0.05) is 0 Å². The molecule has 4 heterocycles. The largest absolute Gasteiger partial charge is 0.472 e. The van der Waals surface area contributed by atoms with Crippen LogP contribution in [0.2, 0.25) is 0 Å². The number of fused-ring (bicyclic) bond motifs is 1. The summed E-state index contributed by atoms with van der Waals surface area (Å²) in [6.45, 7) is -0.820. The maximum Gasteiger partial charge on any atom is 0.405 e. The third kappa shape index (κ3) is 5.36. The number of carbonyl (C=O) groups is 1. The lowest BCUT2D eigenvalue weighted by atomic mass is 10.2. The molecule has 31 heavy (non-hydrogen) atoms. The van der Waals surface area contributed by atoms with Crippen LogP contribution >= 0.6 is 0 Å². The van der Waals surface area contributed by atoms with Crippen molar-refractivity contribution < 1.29 is 27.4 Å². The molecule has 3 aromatic heterocycles. The van der Waals surface area contributed by atoms with Gasteiger partial charge in [0.1, 0.15) is 30.4 Å². The monoisotopic (exact) mass is 437 g/mol. The maximum absolute atomic E-state index is 12.3. The van der Waals surface area contributed by atoms with Gasteiger partial charge in [-0.3, -0.25) is 4.79 Å². The highest BCUT2D eigenvalue weighted by atomic mass is 19.4. The van der Waals surface area contributed by atoms with Crippen LogP contribution in [0.1, 0.15) is 6.42 Å². The summed E-state index contributed by atoms with van der Waals surface area (Å²) in [5, 5.41) is 5.19. The topological polar surface area (TPSA) is 127 Å². The van der Waals surface area contributed by atoms with Crippen LogP contribution < -0.4 is 15.4 Å². The molecule has 4 rings (SSSR count). The Morgan fingerprint density at radius 2 is 2.23 bits per heavy atom. The SMILES string of the molecule is O=C(CNc1cc(OC2CCOC2)nc(-c2c[nH]c3ncncc23)n1)NCC(F)(F)F. The fraction of sp³-hybridized carbons (Fsp3) is 0.389. The zero-order chi connectivity index (χ0) is 21.8. The minimum absolute atomic E-state index is 0.183. The summed E-state index contributed by atoms with van der Waals surface area (Å²) in [5.74, 6) is -0.0996. The molecular formula is C18H18F3N7O3. The molecule has 164 valence electrons. The minimum Gasteiger partial charge on any atom is -0.472 e. The van der Waals surface area contributed by atoms with Crippen LogP contribution in [-0.4, -0.2) is 69.4 Å². The van der Waals surface area contributed by atoms with Crippen molar-refractivity contribution in [1.29, 1.82) is 0 Å². The lowest BCUT2D eigenvalue weighted by Crippen LogP contribution is -2.37. The highest BCUT2D eigenvalue weighted by molar-refractivity contribution is 5.91. The van der Waals surface area contributed by atoms with E-state index >= 15 is 0 Å². The quantitative estimate of drug-likeness (QED) is 0.510. The predicted octanol–water partition coefficient (Wildman–Crippen LogP) is 1.67. The number of carbonyl (C=O) groups excluding carboxylic acids is 1. The van der Waals surface area contributed by atoms with Gasteiger partial charge in [-0.2, -0.15) is 18.2 Å². The molecule has 0 spiro atoms. The van der Waals surface area contributed by atoms with Crippen LogP contribution in [0.25, 0.3) is 22.4 Å². The molecule has 0 aromatic carbocycles. The van der Waals surface area contributed by atoms with E-state index in [0.29, 0.717) is 36.2 Å². The van der Waals surface area contributed by atoms with Crippen LogP contribution in [0, 0.1) is 0 Å². The van der Waals surface area contributed by atoms with E-state index in [0.717, 1.165) is 0 Å². The molecular weight excluding hydrogens is 419 g/mol. The Bertz CT molecular complexity index is 1070. The van der Waals surface area contributed by atoms with Gasteiger partial charge in [-0.05, 0) is 0 Å². The predicted molar refractivity (Wildman–Crippen MR) is 102 cm³/mol. The van der Waals surface area contributed by atoms with E-state index in [9.17, 15) is 18.0 Å². The fourth-order valence-corrected chi connectivity index (χ4v) is 2.95. The lowest BCUT2D eigenvalue weighted by molar-refractivity contribution is -0.137. The number of halogens is 3. The number of ether oxygens (including phenoxy) is 2. The van der Waals surface area contributed by atoms with E-state index < -0.39 is 25.2 Å². The molecule has 1 atom stereocenters. The molecule has 1 unspecified atom stereocenters. The normalized spacial score (nSPS) is 16.4. The zero-order valence-electron chi connectivity index (χ0n) is 16.1. The number of nitrogens with one attached hydrogen (secondary N) is 3.